The van der Waals surface area contributed by atoms with Gasteiger partial charge in [0.2, 0.25) is 0 Å². The number of nitrogens with one attached hydrogen (secondary N) is 2. The summed E-state index contributed by atoms with van der Waals surface area (Å²) in [4.78, 5) is 26.9. The van der Waals surface area contributed by atoms with E-state index in [9.17, 15) is 18.4 Å². The second-order valence-corrected chi connectivity index (χ2v) is 7.16. The molecule has 0 unspecified atom stereocenters. The first-order valence-corrected chi connectivity index (χ1v) is 9.32. The molecule has 0 spiro atoms. The number of hydrogen-bond donors (Lipinski definition) is 2. The summed E-state index contributed by atoms with van der Waals surface area (Å²) in [7, 11) is 3.37. The van der Waals surface area contributed by atoms with Gasteiger partial charge in [0.1, 0.15) is 11.6 Å². The van der Waals surface area contributed by atoms with Gasteiger partial charge in [-0.15, -0.1) is 0 Å². The molecule has 0 aliphatic carbocycles. The Morgan fingerprint density at radius 2 is 1.55 bits per heavy atom. The van der Waals surface area contributed by atoms with Crippen LogP contribution in [-0.4, -0.2) is 28.3 Å². The first-order valence-electron chi connectivity index (χ1n) is 9.32. The molecular weight excluding hydrogens is 380 g/mol. The van der Waals surface area contributed by atoms with Crippen LogP contribution in [0.15, 0.2) is 35.1 Å². The van der Waals surface area contributed by atoms with Crippen LogP contribution >= 0.6 is 0 Å². The van der Waals surface area contributed by atoms with Crippen LogP contribution in [0.4, 0.5) is 30.6 Å². The van der Waals surface area contributed by atoms with Crippen molar-refractivity contribution in [3.8, 4) is 0 Å². The van der Waals surface area contributed by atoms with Gasteiger partial charge in [-0.1, -0.05) is 0 Å². The first-order chi connectivity index (χ1) is 13.8. The molecule has 9 heteroatoms. The van der Waals surface area contributed by atoms with E-state index in [-0.39, 0.29) is 11.4 Å². The van der Waals surface area contributed by atoms with Crippen molar-refractivity contribution in [3.63, 3.8) is 0 Å². The van der Waals surface area contributed by atoms with Gasteiger partial charge >= 0.3 is 11.7 Å². The number of hydrogen-bond acceptors (Lipinski definition) is 3. The minimum Gasteiger partial charge on any atom is -0.370 e. The van der Waals surface area contributed by atoms with E-state index in [4.69, 9.17) is 0 Å². The van der Waals surface area contributed by atoms with Gasteiger partial charge in [0.05, 0.1) is 28.1 Å². The number of fused-ring (bicyclic) bond motifs is 1. The van der Waals surface area contributed by atoms with Gasteiger partial charge in [0, 0.05) is 33.3 Å². The molecule has 1 aliphatic heterocycles. The Morgan fingerprint density at radius 3 is 2.21 bits per heavy atom. The van der Waals surface area contributed by atoms with Crippen molar-refractivity contribution in [1.29, 1.82) is 0 Å². The Bertz CT molecular complexity index is 1160. The molecule has 0 saturated carbocycles. The Hall–Kier alpha value is -3.36. The predicted molar refractivity (Wildman–Crippen MR) is 109 cm³/mol. The average molecular weight is 401 g/mol. The van der Waals surface area contributed by atoms with E-state index in [0.717, 1.165) is 49.3 Å². The molecule has 0 atom stereocenters. The highest BCUT2D eigenvalue weighted by Crippen LogP contribution is 2.33. The van der Waals surface area contributed by atoms with Crippen LogP contribution in [0.1, 0.15) is 12.8 Å². The molecule has 1 aromatic heterocycles. The van der Waals surface area contributed by atoms with Crippen molar-refractivity contribution in [1.82, 2.24) is 9.13 Å². The minimum absolute atomic E-state index is 0.125. The first kappa shape index (κ1) is 19.0. The SMILES string of the molecule is Cn1c(=O)n(C)c2cc(N3CCCC3)c(NC(=O)Nc3ccc(F)cc3F)cc21. The smallest absolute Gasteiger partial charge is 0.328 e. The Kier molecular flexibility index (Phi) is 4.73. The number of benzene rings is 2. The van der Waals surface area contributed by atoms with Crippen LogP contribution in [0.3, 0.4) is 0 Å². The fourth-order valence-corrected chi connectivity index (χ4v) is 3.72. The summed E-state index contributed by atoms with van der Waals surface area (Å²) in [5, 5.41) is 5.15. The molecule has 0 radical (unpaired) electrons. The number of rotatable bonds is 3. The molecular formula is C20H21F2N5O2. The van der Waals surface area contributed by atoms with E-state index >= 15 is 0 Å². The third-order valence-electron chi connectivity index (χ3n) is 5.26. The Morgan fingerprint density at radius 1 is 0.931 bits per heavy atom. The second kappa shape index (κ2) is 7.23. The largest absolute Gasteiger partial charge is 0.370 e. The van der Waals surface area contributed by atoms with Gasteiger partial charge in [-0.3, -0.25) is 9.13 Å². The van der Waals surface area contributed by atoms with Crippen LogP contribution in [0.25, 0.3) is 11.0 Å². The van der Waals surface area contributed by atoms with Gasteiger partial charge in [0.15, 0.2) is 0 Å². The highest BCUT2D eigenvalue weighted by molar-refractivity contribution is 6.04. The van der Waals surface area contributed by atoms with E-state index < -0.39 is 17.7 Å². The summed E-state index contributed by atoms with van der Waals surface area (Å²) in [6.07, 6.45) is 2.08. The molecule has 2 amide bonds. The monoisotopic (exact) mass is 401 g/mol. The molecule has 3 aromatic rings. The third kappa shape index (κ3) is 3.43. The number of anilines is 3. The molecule has 1 fully saturated rings. The molecule has 7 nitrogen and oxygen atoms in total. The predicted octanol–water partition coefficient (Wildman–Crippen LogP) is 3.40. The summed E-state index contributed by atoms with van der Waals surface area (Å²) >= 11 is 0. The lowest BCUT2D eigenvalue weighted by Crippen LogP contribution is -2.24. The maximum atomic E-state index is 13.9. The summed E-state index contributed by atoms with van der Waals surface area (Å²) < 4.78 is 30.0. The molecule has 2 aromatic carbocycles. The summed E-state index contributed by atoms with van der Waals surface area (Å²) in [5.74, 6) is -1.58. The standard InChI is InChI=1S/C20H21F2N5O2/c1-25-17-10-15(24-19(28)23-14-6-5-12(21)9-13(14)22)16(27-7-3-4-8-27)11-18(17)26(2)20(25)29/h5-6,9-11H,3-4,7-8H2,1-2H3,(H2,23,24,28). The maximum Gasteiger partial charge on any atom is 0.328 e. The zero-order chi connectivity index (χ0) is 20.7. The molecule has 152 valence electrons. The van der Waals surface area contributed by atoms with Crippen molar-refractivity contribution in [2.24, 2.45) is 14.1 Å². The van der Waals surface area contributed by atoms with Crippen LogP contribution < -0.4 is 21.2 Å². The summed E-state index contributed by atoms with van der Waals surface area (Å²) in [6.45, 7) is 1.68. The number of imidazole rings is 1. The number of amides is 2. The van der Waals surface area contributed by atoms with E-state index in [0.29, 0.717) is 17.3 Å². The third-order valence-corrected chi connectivity index (χ3v) is 5.26. The van der Waals surface area contributed by atoms with E-state index in [1.54, 1.807) is 24.7 Å². The molecule has 2 N–H and O–H groups in total. The zero-order valence-electron chi connectivity index (χ0n) is 16.1. The normalized spacial score (nSPS) is 13.9. The van der Waals surface area contributed by atoms with E-state index in [2.05, 4.69) is 15.5 Å². The number of aromatic nitrogens is 2. The molecule has 2 heterocycles. The number of aryl methyl sites for hydroxylation is 2. The fraction of sp³-hybridized carbons (Fsp3) is 0.300. The highest BCUT2D eigenvalue weighted by atomic mass is 19.1. The van der Waals surface area contributed by atoms with Gasteiger partial charge in [-0.2, -0.15) is 0 Å². The van der Waals surface area contributed by atoms with Crippen molar-refractivity contribution < 1.29 is 13.6 Å². The van der Waals surface area contributed by atoms with Crippen molar-refractivity contribution in [3.05, 3.63) is 52.5 Å². The number of carbonyl (C=O) groups excluding carboxylic acids is 1. The fourth-order valence-electron chi connectivity index (χ4n) is 3.72. The van der Waals surface area contributed by atoms with Crippen molar-refractivity contribution >= 4 is 34.1 Å². The van der Waals surface area contributed by atoms with Gasteiger partial charge in [-0.25, -0.2) is 18.4 Å². The van der Waals surface area contributed by atoms with Crippen molar-refractivity contribution in [2.75, 3.05) is 28.6 Å². The topological polar surface area (TPSA) is 71.3 Å². The molecule has 29 heavy (non-hydrogen) atoms. The summed E-state index contributed by atoms with van der Waals surface area (Å²) in [5.41, 5.74) is 2.45. The molecule has 1 aliphatic rings. The average Bonchev–Trinajstić information content (AvgIpc) is 3.28. The molecule has 0 bridgehead atoms. The van der Waals surface area contributed by atoms with E-state index in [1.807, 2.05) is 6.07 Å². The van der Waals surface area contributed by atoms with Gasteiger partial charge in [0.25, 0.3) is 0 Å². The lowest BCUT2D eigenvalue weighted by atomic mass is 10.2. The van der Waals surface area contributed by atoms with Crippen LogP contribution in [0, 0.1) is 11.6 Å². The highest BCUT2D eigenvalue weighted by Gasteiger charge is 2.21. The van der Waals surface area contributed by atoms with Crippen molar-refractivity contribution in [2.45, 2.75) is 12.8 Å². The number of nitrogens with zero attached hydrogens (tertiary/aromatic N) is 3. The Labute approximate surface area is 165 Å². The quantitative estimate of drug-likeness (QED) is 0.707. The number of urea groups is 1. The molecule has 4 rings (SSSR count). The van der Waals surface area contributed by atoms with Gasteiger partial charge < -0.3 is 15.5 Å². The minimum atomic E-state index is -0.860. The lowest BCUT2D eigenvalue weighted by molar-refractivity contribution is 0.262. The van der Waals surface area contributed by atoms with Crippen LogP contribution in [0.5, 0.6) is 0 Å². The number of carbonyl (C=O) groups is 1. The number of halogens is 2. The van der Waals surface area contributed by atoms with Crippen LogP contribution in [0.2, 0.25) is 0 Å². The lowest BCUT2D eigenvalue weighted by Gasteiger charge is -2.22. The summed E-state index contributed by atoms with van der Waals surface area (Å²) in [6, 6.07) is 5.91. The van der Waals surface area contributed by atoms with Crippen LogP contribution in [-0.2, 0) is 14.1 Å². The Balaban J connectivity index is 1.71. The molecule has 1 saturated heterocycles. The van der Waals surface area contributed by atoms with Gasteiger partial charge in [-0.05, 0) is 37.1 Å². The maximum absolute atomic E-state index is 13.9. The second-order valence-electron chi connectivity index (χ2n) is 7.16. The zero-order valence-corrected chi connectivity index (χ0v) is 16.1. The van der Waals surface area contributed by atoms with E-state index in [1.165, 1.54) is 4.57 Å².